The van der Waals surface area contributed by atoms with E-state index in [1.807, 2.05) is 37.6 Å². The highest BCUT2D eigenvalue weighted by Crippen LogP contribution is 2.26. The molecule has 1 atom stereocenters. The predicted molar refractivity (Wildman–Crippen MR) is 79.9 cm³/mol. The van der Waals surface area contributed by atoms with Crippen molar-refractivity contribution in [3.05, 3.63) is 46.0 Å². The minimum atomic E-state index is -0.618. The maximum absolute atomic E-state index is 10.4. The van der Waals surface area contributed by atoms with Crippen LogP contribution in [0.5, 0.6) is 0 Å². The maximum Gasteiger partial charge on any atom is 0.0860 e. The summed E-state index contributed by atoms with van der Waals surface area (Å²) in [5.41, 5.74) is 3.51. The van der Waals surface area contributed by atoms with Crippen molar-refractivity contribution in [3.8, 4) is 0 Å². The van der Waals surface area contributed by atoms with Gasteiger partial charge in [-0.3, -0.25) is 9.67 Å². The van der Waals surface area contributed by atoms with E-state index >= 15 is 0 Å². The Morgan fingerprint density at radius 3 is 2.65 bits per heavy atom. The van der Waals surface area contributed by atoms with Gasteiger partial charge in [0.05, 0.1) is 22.5 Å². The number of aryl methyl sites for hydroxylation is 3. The van der Waals surface area contributed by atoms with E-state index in [4.69, 9.17) is 11.6 Å². The molecule has 0 radical (unpaired) electrons. The molecule has 2 heterocycles. The molecule has 2 aromatic heterocycles. The number of hydrogen-bond donors (Lipinski definition) is 1. The standard InChI is InChI=1S/C15H20ClN3O/c1-4-12-15(16)13(19(5-2)18-12)8-14(20)11-7-6-10(3)17-9-11/h6-7,9,14,20H,4-5,8H2,1-3H3. The molecule has 0 aliphatic rings. The fourth-order valence-electron chi connectivity index (χ4n) is 2.19. The van der Waals surface area contributed by atoms with E-state index in [0.29, 0.717) is 11.4 Å². The van der Waals surface area contributed by atoms with Crippen LogP contribution < -0.4 is 0 Å². The number of aliphatic hydroxyl groups excluding tert-OH is 1. The van der Waals surface area contributed by atoms with Crippen LogP contribution in [-0.4, -0.2) is 19.9 Å². The number of aromatic nitrogens is 3. The Bertz CT molecular complexity index is 578. The van der Waals surface area contributed by atoms with E-state index in [0.717, 1.165) is 35.6 Å². The molecule has 0 saturated carbocycles. The van der Waals surface area contributed by atoms with E-state index in [1.165, 1.54) is 0 Å². The second-order valence-electron chi connectivity index (χ2n) is 4.83. The average Bonchev–Trinajstić information content (AvgIpc) is 2.76. The molecule has 0 saturated heterocycles. The number of rotatable bonds is 5. The van der Waals surface area contributed by atoms with Gasteiger partial charge in [0, 0.05) is 24.9 Å². The zero-order valence-corrected chi connectivity index (χ0v) is 12.9. The summed E-state index contributed by atoms with van der Waals surface area (Å²) in [5.74, 6) is 0. The van der Waals surface area contributed by atoms with Gasteiger partial charge in [-0.25, -0.2) is 0 Å². The smallest absolute Gasteiger partial charge is 0.0860 e. The highest BCUT2D eigenvalue weighted by Gasteiger charge is 2.18. The minimum absolute atomic E-state index is 0.449. The van der Waals surface area contributed by atoms with Crippen molar-refractivity contribution in [2.45, 2.75) is 46.3 Å². The quantitative estimate of drug-likeness (QED) is 0.921. The first kappa shape index (κ1) is 15.0. The molecular formula is C15H20ClN3O. The Kier molecular flexibility index (Phi) is 4.78. The average molecular weight is 294 g/mol. The highest BCUT2D eigenvalue weighted by molar-refractivity contribution is 6.31. The molecule has 0 bridgehead atoms. The number of nitrogens with zero attached hydrogens (tertiary/aromatic N) is 3. The zero-order chi connectivity index (χ0) is 14.7. The summed E-state index contributed by atoms with van der Waals surface area (Å²) in [7, 11) is 0. The fourth-order valence-corrected chi connectivity index (χ4v) is 2.54. The van der Waals surface area contributed by atoms with E-state index in [1.54, 1.807) is 6.20 Å². The van der Waals surface area contributed by atoms with Gasteiger partial charge in [-0.1, -0.05) is 24.6 Å². The van der Waals surface area contributed by atoms with Crippen molar-refractivity contribution < 1.29 is 5.11 Å². The van der Waals surface area contributed by atoms with Gasteiger partial charge in [-0.15, -0.1) is 0 Å². The van der Waals surface area contributed by atoms with Crippen molar-refractivity contribution in [1.29, 1.82) is 0 Å². The van der Waals surface area contributed by atoms with Crippen LogP contribution in [0.3, 0.4) is 0 Å². The van der Waals surface area contributed by atoms with E-state index in [-0.39, 0.29) is 0 Å². The van der Waals surface area contributed by atoms with Crippen molar-refractivity contribution >= 4 is 11.6 Å². The van der Waals surface area contributed by atoms with Gasteiger partial charge in [0.25, 0.3) is 0 Å². The van der Waals surface area contributed by atoms with Gasteiger partial charge in [0.1, 0.15) is 0 Å². The lowest BCUT2D eigenvalue weighted by Crippen LogP contribution is -2.09. The Morgan fingerprint density at radius 2 is 2.10 bits per heavy atom. The minimum Gasteiger partial charge on any atom is -0.388 e. The van der Waals surface area contributed by atoms with Gasteiger partial charge in [-0.05, 0) is 31.9 Å². The lowest BCUT2D eigenvalue weighted by molar-refractivity contribution is 0.175. The molecule has 0 aromatic carbocycles. The van der Waals surface area contributed by atoms with Crippen LogP contribution in [0.15, 0.2) is 18.3 Å². The molecule has 0 spiro atoms. The summed E-state index contributed by atoms with van der Waals surface area (Å²) >= 11 is 6.36. The zero-order valence-electron chi connectivity index (χ0n) is 12.1. The first-order valence-corrected chi connectivity index (χ1v) is 7.29. The third kappa shape index (κ3) is 3.02. The van der Waals surface area contributed by atoms with E-state index in [9.17, 15) is 5.11 Å². The van der Waals surface area contributed by atoms with Crippen LogP contribution in [0.2, 0.25) is 5.02 Å². The predicted octanol–water partition coefficient (Wildman–Crippen LogP) is 3.10. The maximum atomic E-state index is 10.4. The Morgan fingerprint density at radius 1 is 1.35 bits per heavy atom. The van der Waals surface area contributed by atoms with Crippen LogP contribution in [0.4, 0.5) is 0 Å². The molecule has 108 valence electrons. The van der Waals surface area contributed by atoms with Crippen LogP contribution in [0.25, 0.3) is 0 Å². The Hall–Kier alpha value is -1.39. The molecule has 0 amide bonds. The first-order chi connectivity index (χ1) is 9.56. The number of aliphatic hydroxyl groups is 1. The monoisotopic (exact) mass is 293 g/mol. The largest absolute Gasteiger partial charge is 0.388 e. The summed E-state index contributed by atoms with van der Waals surface area (Å²) in [6.07, 6.45) is 2.33. The van der Waals surface area contributed by atoms with Crippen LogP contribution in [0, 0.1) is 6.92 Å². The summed E-state index contributed by atoms with van der Waals surface area (Å²) in [4.78, 5) is 4.21. The van der Waals surface area contributed by atoms with Crippen LogP contribution >= 0.6 is 11.6 Å². The normalized spacial score (nSPS) is 12.7. The second kappa shape index (κ2) is 6.37. The number of pyridine rings is 1. The van der Waals surface area contributed by atoms with Gasteiger partial charge >= 0.3 is 0 Å². The van der Waals surface area contributed by atoms with E-state index < -0.39 is 6.10 Å². The summed E-state index contributed by atoms with van der Waals surface area (Å²) in [5, 5.41) is 15.5. The van der Waals surface area contributed by atoms with Gasteiger partial charge in [-0.2, -0.15) is 5.10 Å². The number of hydrogen-bond acceptors (Lipinski definition) is 3. The molecule has 1 unspecified atom stereocenters. The molecule has 2 rings (SSSR count). The molecule has 1 N–H and O–H groups in total. The Balaban J connectivity index is 2.25. The molecule has 20 heavy (non-hydrogen) atoms. The molecule has 5 heteroatoms. The first-order valence-electron chi connectivity index (χ1n) is 6.91. The summed E-state index contributed by atoms with van der Waals surface area (Å²) in [6, 6.07) is 3.79. The van der Waals surface area contributed by atoms with Crippen LogP contribution in [0.1, 0.15) is 42.6 Å². The fraction of sp³-hybridized carbons (Fsp3) is 0.467. The van der Waals surface area contributed by atoms with Crippen molar-refractivity contribution in [2.75, 3.05) is 0 Å². The Labute approximate surface area is 124 Å². The van der Waals surface area contributed by atoms with E-state index in [2.05, 4.69) is 10.1 Å². The molecule has 0 aliphatic heterocycles. The van der Waals surface area contributed by atoms with Gasteiger partial charge in [0.15, 0.2) is 0 Å². The number of halogens is 1. The molecule has 0 fully saturated rings. The lowest BCUT2D eigenvalue weighted by atomic mass is 10.1. The summed E-state index contributed by atoms with van der Waals surface area (Å²) < 4.78 is 1.87. The molecular weight excluding hydrogens is 274 g/mol. The van der Waals surface area contributed by atoms with Crippen molar-refractivity contribution in [2.24, 2.45) is 0 Å². The lowest BCUT2D eigenvalue weighted by Gasteiger charge is -2.12. The highest BCUT2D eigenvalue weighted by atomic mass is 35.5. The molecule has 2 aromatic rings. The topological polar surface area (TPSA) is 50.9 Å². The molecule has 4 nitrogen and oxygen atoms in total. The van der Waals surface area contributed by atoms with Gasteiger partial charge < -0.3 is 5.11 Å². The van der Waals surface area contributed by atoms with Crippen molar-refractivity contribution in [3.63, 3.8) is 0 Å². The SMILES string of the molecule is CCc1nn(CC)c(CC(O)c2ccc(C)nc2)c1Cl. The van der Waals surface area contributed by atoms with Crippen LogP contribution in [-0.2, 0) is 19.4 Å². The third-order valence-electron chi connectivity index (χ3n) is 3.40. The third-order valence-corrected chi connectivity index (χ3v) is 3.84. The summed E-state index contributed by atoms with van der Waals surface area (Å²) in [6.45, 7) is 6.71. The van der Waals surface area contributed by atoms with Gasteiger partial charge in [0.2, 0.25) is 0 Å². The molecule has 0 aliphatic carbocycles. The van der Waals surface area contributed by atoms with Crippen molar-refractivity contribution in [1.82, 2.24) is 14.8 Å². The second-order valence-corrected chi connectivity index (χ2v) is 5.21.